The van der Waals surface area contributed by atoms with Crippen LogP contribution in [0, 0.1) is 0 Å². The van der Waals surface area contributed by atoms with Crippen molar-refractivity contribution < 1.29 is 33.6 Å². The van der Waals surface area contributed by atoms with Crippen molar-refractivity contribution in [3.8, 4) is 0 Å². The van der Waals surface area contributed by atoms with Crippen LogP contribution in [0.5, 0.6) is 0 Å². The summed E-state index contributed by atoms with van der Waals surface area (Å²) in [4.78, 5) is 24.5. The van der Waals surface area contributed by atoms with Gasteiger partial charge in [0.15, 0.2) is 12.4 Å². The number of rotatable bonds is 6. The molecule has 0 saturated carbocycles. The Morgan fingerprint density at radius 3 is 2.04 bits per heavy atom. The number of methoxy groups -OCH3 is 1. The van der Waals surface area contributed by atoms with Crippen LogP contribution in [0.3, 0.4) is 0 Å². The molecule has 2 aromatic rings. The lowest BCUT2D eigenvalue weighted by Gasteiger charge is -2.22. The van der Waals surface area contributed by atoms with E-state index >= 15 is 0 Å². The maximum absolute atomic E-state index is 12.4. The molecule has 2 aromatic carbocycles. The first kappa shape index (κ1) is 19.0. The summed E-state index contributed by atoms with van der Waals surface area (Å²) in [6, 6.07) is 16.9. The maximum atomic E-state index is 12.4. The third-order valence-electron chi connectivity index (χ3n) is 4.20. The van der Waals surface area contributed by atoms with Crippen LogP contribution in [0.15, 0.2) is 60.7 Å². The van der Waals surface area contributed by atoms with Crippen molar-refractivity contribution in [1.82, 2.24) is 0 Å². The predicted molar refractivity (Wildman–Crippen MR) is 94.0 cm³/mol. The minimum absolute atomic E-state index is 0.197. The summed E-state index contributed by atoms with van der Waals surface area (Å²) in [5.74, 6) is -1.12. The molecule has 1 aliphatic heterocycles. The lowest BCUT2D eigenvalue weighted by atomic mass is 10.1. The van der Waals surface area contributed by atoms with Crippen molar-refractivity contribution >= 4 is 11.9 Å². The van der Waals surface area contributed by atoms with Gasteiger partial charge in [0, 0.05) is 7.11 Å². The van der Waals surface area contributed by atoms with Crippen LogP contribution in [0.2, 0.25) is 0 Å². The van der Waals surface area contributed by atoms with E-state index in [1.165, 1.54) is 7.11 Å². The molecule has 1 N–H and O–H groups in total. The van der Waals surface area contributed by atoms with E-state index in [0.717, 1.165) is 0 Å². The van der Waals surface area contributed by atoms with Crippen LogP contribution >= 0.6 is 0 Å². The Labute approximate surface area is 156 Å². The molecule has 27 heavy (non-hydrogen) atoms. The molecular weight excluding hydrogens is 352 g/mol. The molecule has 0 amide bonds. The van der Waals surface area contributed by atoms with Crippen molar-refractivity contribution in [2.45, 2.75) is 24.6 Å². The minimum atomic E-state index is -1.30. The fraction of sp³-hybridized carbons (Fsp3) is 0.300. The van der Waals surface area contributed by atoms with Crippen molar-refractivity contribution in [2.75, 3.05) is 13.7 Å². The van der Waals surface area contributed by atoms with Crippen LogP contribution in [0.1, 0.15) is 20.7 Å². The van der Waals surface area contributed by atoms with Gasteiger partial charge in [-0.25, -0.2) is 9.59 Å². The van der Waals surface area contributed by atoms with E-state index in [4.69, 9.17) is 18.9 Å². The van der Waals surface area contributed by atoms with Gasteiger partial charge in [-0.1, -0.05) is 36.4 Å². The third kappa shape index (κ3) is 4.51. The van der Waals surface area contributed by atoms with E-state index in [2.05, 4.69) is 0 Å². The summed E-state index contributed by atoms with van der Waals surface area (Å²) in [5, 5.41) is 10.0. The second-order valence-electron chi connectivity index (χ2n) is 5.97. The van der Waals surface area contributed by atoms with E-state index in [0.29, 0.717) is 11.1 Å². The highest BCUT2D eigenvalue weighted by Crippen LogP contribution is 2.26. The smallest absolute Gasteiger partial charge is 0.338 e. The lowest BCUT2D eigenvalue weighted by Crippen LogP contribution is -2.40. The zero-order chi connectivity index (χ0) is 19.2. The molecule has 7 nitrogen and oxygen atoms in total. The van der Waals surface area contributed by atoms with E-state index in [9.17, 15) is 14.7 Å². The maximum Gasteiger partial charge on any atom is 0.338 e. The number of ether oxygens (including phenoxy) is 4. The highest BCUT2D eigenvalue weighted by atomic mass is 16.7. The van der Waals surface area contributed by atoms with Gasteiger partial charge in [0.25, 0.3) is 0 Å². The van der Waals surface area contributed by atoms with Crippen molar-refractivity contribution in [3.63, 3.8) is 0 Å². The molecular formula is C20H20O7. The van der Waals surface area contributed by atoms with Crippen LogP contribution < -0.4 is 0 Å². The molecule has 1 fully saturated rings. The second kappa shape index (κ2) is 8.77. The summed E-state index contributed by atoms with van der Waals surface area (Å²) in [6.07, 6.45) is -3.98. The van der Waals surface area contributed by atoms with Crippen molar-refractivity contribution in [3.05, 3.63) is 71.8 Å². The SMILES string of the molecule is CO[C@H]1C(OC(=O)c2ccccc2)[C@@H](COC(=O)c2ccccc2)O[C@@H]1O. The van der Waals surface area contributed by atoms with Crippen LogP contribution in [0.25, 0.3) is 0 Å². The number of hydrogen-bond acceptors (Lipinski definition) is 7. The van der Waals surface area contributed by atoms with E-state index in [1.807, 2.05) is 0 Å². The average Bonchev–Trinajstić information content (AvgIpc) is 3.01. The first-order valence-corrected chi connectivity index (χ1v) is 8.44. The fourth-order valence-electron chi connectivity index (χ4n) is 2.82. The number of esters is 2. The molecule has 3 rings (SSSR count). The van der Waals surface area contributed by atoms with E-state index in [1.54, 1.807) is 60.7 Å². The molecule has 7 heteroatoms. The molecule has 0 aromatic heterocycles. The lowest BCUT2D eigenvalue weighted by molar-refractivity contribution is -0.140. The normalized spacial score (nSPS) is 24.4. The van der Waals surface area contributed by atoms with Gasteiger partial charge in [-0.3, -0.25) is 0 Å². The zero-order valence-corrected chi connectivity index (χ0v) is 14.7. The molecule has 0 aliphatic carbocycles. The summed E-state index contributed by atoms with van der Waals surface area (Å²) in [6.45, 7) is -0.197. The van der Waals surface area contributed by atoms with Gasteiger partial charge >= 0.3 is 11.9 Å². The fourth-order valence-corrected chi connectivity index (χ4v) is 2.82. The predicted octanol–water partition coefficient (Wildman–Crippen LogP) is 1.80. The molecule has 0 bridgehead atoms. The summed E-state index contributed by atoms with van der Waals surface area (Å²) < 4.78 is 21.3. The Morgan fingerprint density at radius 2 is 1.48 bits per heavy atom. The number of aliphatic hydroxyl groups is 1. The molecule has 1 aliphatic rings. The Balaban J connectivity index is 1.67. The Hall–Kier alpha value is -2.74. The largest absolute Gasteiger partial charge is 0.459 e. The molecule has 0 radical (unpaired) electrons. The number of benzene rings is 2. The van der Waals surface area contributed by atoms with Crippen LogP contribution in [-0.2, 0) is 18.9 Å². The Bertz CT molecular complexity index is 762. The monoisotopic (exact) mass is 372 g/mol. The molecule has 0 spiro atoms. The van der Waals surface area contributed by atoms with Gasteiger partial charge in [-0.15, -0.1) is 0 Å². The standard InChI is InChI=1S/C20H20O7/c1-24-17-16(27-19(22)14-10-6-3-7-11-14)15(26-20(17)23)12-25-18(21)13-8-4-2-5-9-13/h2-11,15-17,20,23H,12H2,1H3/t15-,16?,17+,20+/m1/s1. The quantitative estimate of drug-likeness (QED) is 0.773. The van der Waals surface area contributed by atoms with Crippen LogP contribution in [-0.4, -0.2) is 55.4 Å². The highest BCUT2D eigenvalue weighted by Gasteiger charge is 2.47. The van der Waals surface area contributed by atoms with Crippen molar-refractivity contribution in [2.24, 2.45) is 0 Å². The van der Waals surface area contributed by atoms with Gasteiger partial charge < -0.3 is 24.1 Å². The van der Waals surface area contributed by atoms with Gasteiger partial charge in [-0.05, 0) is 24.3 Å². The third-order valence-corrected chi connectivity index (χ3v) is 4.20. The first-order chi connectivity index (χ1) is 13.1. The molecule has 142 valence electrons. The summed E-state index contributed by atoms with van der Waals surface area (Å²) in [7, 11) is 1.37. The van der Waals surface area contributed by atoms with Crippen molar-refractivity contribution in [1.29, 1.82) is 0 Å². The van der Waals surface area contributed by atoms with Crippen LogP contribution in [0.4, 0.5) is 0 Å². The van der Waals surface area contributed by atoms with Gasteiger partial charge in [-0.2, -0.15) is 0 Å². The topological polar surface area (TPSA) is 91.3 Å². The van der Waals surface area contributed by atoms with E-state index in [-0.39, 0.29) is 6.61 Å². The molecule has 1 saturated heterocycles. The number of aliphatic hydroxyl groups excluding tert-OH is 1. The minimum Gasteiger partial charge on any atom is -0.459 e. The Morgan fingerprint density at radius 1 is 0.926 bits per heavy atom. The Kier molecular flexibility index (Phi) is 6.18. The molecule has 1 unspecified atom stereocenters. The van der Waals surface area contributed by atoms with Gasteiger partial charge in [0.1, 0.15) is 18.8 Å². The van der Waals surface area contributed by atoms with E-state index < -0.39 is 36.5 Å². The summed E-state index contributed by atoms with van der Waals surface area (Å²) in [5.41, 5.74) is 0.742. The highest BCUT2D eigenvalue weighted by molar-refractivity contribution is 5.90. The number of carbonyl (C=O) groups is 2. The number of carbonyl (C=O) groups excluding carboxylic acids is 2. The molecule has 4 atom stereocenters. The first-order valence-electron chi connectivity index (χ1n) is 8.44. The molecule has 1 heterocycles. The van der Waals surface area contributed by atoms with Gasteiger partial charge in [0.05, 0.1) is 11.1 Å². The van der Waals surface area contributed by atoms with Gasteiger partial charge in [0.2, 0.25) is 0 Å². The number of hydrogen-bond donors (Lipinski definition) is 1. The summed E-state index contributed by atoms with van der Waals surface area (Å²) >= 11 is 0. The average molecular weight is 372 g/mol. The zero-order valence-electron chi connectivity index (χ0n) is 14.7. The second-order valence-corrected chi connectivity index (χ2v) is 5.97.